The molecule has 0 aliphatic heterocycles. The number of rotatable bonds is 5. The van der Waals surface area contributed by atoms with E-state index in [-0.39, 0.29) is 5.91 Å². The SMILES string of the molecule is NNC=NCCCC(N)=O. The molecule has 5 nitrogen and oxygen atoms in total. The lowest BCUT2D eigenvalue weighted by molar-refractivity contribution is -0.118. The Labute approximate surface area is 59.5 Å². The van der Waals surface area contributed by atoms with Gasteiger partial charge in [-0.2, -0.15) is 0 Å². The van der Waals surface area contributed by atoms with Gasteiger partial charge in [0, 0.05) is 13.0 Å². The Morgan fingerprint density at radius 1 is 1.70 bits per heavy atom. The molecule has 0 heterocycles. The molecule has 0 radical (unpaired) electrons. The van der Waals surface area contributed by atoms with E-state index in [1.165, 1.54) is 6.34 Å². The number of nitrogens with two attached hydrogens (primary N) is 2. The van der Waals surface area contributed by atoms with E-state index in [4.69, 9.17) is 11.6 Å². The van der Waals surface area contributed by atoms with Crippen molar-refractivity contribution in [2.75, 3.05) is 6.54 Å². The van der Waals surface area contributed by atoms with Crippen LogP contribution in [0.3, 0.4) is 0 Å². The zero-order valence-electron chi connectivity index (χ0n) is 5.71. The molecule has 5 N–H and O–H groups in total. The molecule has 0 rings (SSSR count). The fourth-order valence-electron chi connectivity index (χ4n) is 0.462. The summed E-state index contributed by atoms with van der Waals surface area (Å²) in [7, 11) is 0. The van der Waals surface area contributed by atoms with Gasteiger partial charge in [0.2, 0.25) is 5.91 Å². The van der Waals surface area contributed by atoms with E-state index in [0.29, 0.717) is 19.4 Å². The molecule has 0 aromatic rings. The Kier molecular flexibility index (Phi) is 5.36. The third-order valence-corrected chi connectivity index (χ3v) is 0.876. The van der Waals surface area contributed by atoms with E-state index in [9.17, 15) is 4.79 Å². The number of carbonyl (C=O) groups excluding carboxylic acids is 1. The molecule has 0 fully saturated rings. The van der Waals surface area contributed by atoms with E-state index < -0.39 is 0 Å². The van der Waals surface area contributed by atoms with E-state index in [2.05, 4.69) is 10.4 Å². The number of primary amides is 1. The highest BCUT2D eigenvalue weighted by molar-refractivity contribution is 5.73. The van der Waals surface area contributed by atoms with Crippen LogP contribution in [0.15, 0.2) is 4.99 Å². The van der Waals surface area contributed by atoms with Crippen molar-refractivity contribution in [2.45, 2.75) is 12.8 Å². The predicted octanol–water partition coefficient (Wildman–Crippen LogP) is -1.26. The third kappa shape index (κ3) is 6.90. The minimum atomic E-state index is -0.295. The summed E-state index contributed by atoms with van der Waals surface area (Å²) in [5, 5.41) is 0. The van der Waals surface area contributed by atoms with Crippen LogP contribution in [0.5, 0.6) is 0 Å². The summed E-state index contributed by atoms with van der Waals surface area (Å²) in [4.78, 5) is 14.0. The number of amides is 1. The summed E-state index contributed by atoms with van der Waals surface area (Å²) < 4.78 is 0. The first-order valence-corrected chi connectivity index (χ1v) is 3.00. The molecule has 0 aromatic carbocycles. The van der Waals surface area contributed by atoms with Crippen LogP contribution in [-0.2, 0) is 4.79 Å². The van der Waals surface area contributed by atoms with Gasteiger partial charge < -0.3 is 11.2 Å². The first kappa shape index (κ1) is 8.90. The number of nitrogens with zero attached hydrogens (tertiary/aromatic N) is 1. The number of hydrogen-bond acceptors (Lipinski definition) is 3. The molecular weight excluding hydrogens is 132 g/mol. The zero-order valence-corrected chi connectivity index (χ0v) is 5.71. The van der Waals surface area contributed by atoms with Gasteiger partial charge in [-0.25, -0.2) is 5.84 Å². The molecule has 0 aromatic heterocycles. The Balaban J connectivity index is 3.05. The summed E-state index contributed by atoms with van der Waals surface area (Å²) in [6.07, 6.45) is 2.43. The van der Waals surface area contributed by atoms with Crippen molar-refractivity contribution >= 4 is 12.2 Å². The van der Waals surface area contributed by atoms with Crippen molar-refractivity contribution in [1.29, 1.82) is 0 Å². The maximum atomic E-state index is 10.2. The number of nitrogens with one attached hydrogen (secondary N) is 1. The first-order valence-electron chi connectivity index (χ1n) is 3.00. The number of carbonyl (C=O) groups is 1. The van der Waals surface area contributed by atoms with Gasteiger partial charge in [-0.05, 0) is 6.42 Å². The normalized spacial score (nSPS) is 10.1. The first-order chi connectivity index (χ1) is 4.77. The fraction of sp³-hybridized carbons (Fsp3) is 0.600. The number of hydrazine groups is 1. The van der Waals surface area contributed by atoms with Crippen molar-refractivity contribution in [2.24, 2.45) is 16.6 Å². The zero-order chi connectivity index (χ0) is 7.82. The molecule has 10 heavy (non-hydrogen) atoms. The highest BCUT2D eigenvalue weighted by Crippen LogP contribution is 1.85. The van der Waals surface area contributed by atoms with Crippen LogP contribution >= 0.6 is 0 Å². The third-order valence-electron chi connectivity index (χ3n) is 0.876. The van der Waals surface area contributed by atoms with Crippen LogP contribution in [0.25, 0.3) is 0 Å². The summed E-state index contributed by atoms with van der Waals surface area (Å²) in [6.45, 7) is 0.577. The molecule has 1 amide bonds. The van der Waals surface area contributed by atoms with E-state index in [1.54, 1.807) is 0 Å². The van der Waals surface area contributed by atoms with Crippen LogP contribution in [0.1, 0.15) is 12.8 Å². The van der Waals surface area contributed by atoms with Crippen molar-refractivity contribution in [1.82, 2.24) is 5.43 Å². The van der Waals surface area contributed by atoms with Crippen LogP contribution in [-0.4, -0.2) is 18.8 Å². The van der Waals surface area contributed by atoms with E-state index in [0.717, 1.165) is 0 Å². The standard InChI is InChI=1S/C5H12N4O/c6-5(10)2-1-3-8-4-9-7/h4H,1-3,7H2,(H2,6,10)(H,8,9). The van der Waals surface area contributed by atoms with Crippen molar-refractivity contribution < 1.29 is 4.79 Å². The van der Waals surface area contributed by atoms with Crippen LogP contribution in [0.2, 0.25) is 0 Å². The molecular formula is C5H12N4O. The summed E-state index contributed by atoms with van der Waals surface area (Å²) in [5.74, 6) is 4.58. The van der Waals surface area contributed by atoms with Gasteiger partial charge in [0.15, 0.2) is 0 Å². The molecule has 0 aliphatic rings. The molecule has 0 atom stereocenters. The van der Waals surface area contributed by atoms with Gasteiger partial charge in [-0.1, -0.05) is 0 Å². The second-order valence-electron chi connectivity index (χ2n) is 1.77. The molecule has 5 heteroatoms. The Morgan fingerprint density at radius 2 is 2.40 bits per heavy atom. The lowest BCUT2D eigenvalue weighted by Gasteiger charge is -1.90. The molecule has 0 spiro atoms. The van der Waals surface area contributed by atoms with Gasteiger partial charge >= 0.3 is 0 Å². The Morgan fingerprint density at radius 3 is 2.90 bits per heavy atom. The monoisotopic (exact) mass is 144 g/mol. The molecule has 0 saturated heterocycles. The Bertz CT molecular complexity index is 123. The lowest BCUT2D eigenvalue weighted by atomic mass is 10.3. The van der Waals surface area contributed by atoms with Crippen molar-refractivity contribution in [3.8, 4) is 0 Å². The maximum Gasteiger partial charge on any atom is 0.217 e. The van der Waals surface area contributed by atoms with Crippen molar-refractivity contribution in [3.05, 3.63) is 0 Å². The number of aliphatic imine (C=N–C) groups is 1. The summed E-state index contributed by atoms with van der Waals surface area (Å²) in [6, 6.07) is 0. The molecule has 0 aliphatic carbocycles. The van der Waals surface area contributed by atoms with Crippen LogP contribution in [0, 0.1) is 0 Å². The fourth-order valence-corrected chi connectivity index (χ4v) is 0.462. The summed E-state index contributed by atoms with van der Waals surface area (Å²) >= 11 is 0. The average Bonchev–Trinajstić information content (AvgIpc) is 1.87. The van der Waals surface area contributed by atoms with Gasteiger partial charge in [-0.15, -0.1) is 0 Å². The van der Waals surface area contributed by atoms with Gasteiger partial charge in [-0.3, -0.25) is 9.79 Å². The highest BCUT2D eigenvalue weighted by Gasteiger charge is 1.90. The quantitative estimate of drug-likeness (QED) is 0.148. The largest absolute Gasteiger partial charge is 0.370 e. The highest BCUT2D eigenvalue weighted by atomic mass is 16.1. The smallest absolute Gasteiger partial charge is 0.217 e. The minimum absolute atomic E-state index is 0.295. The Hall–Kier alpha value is -1.10. The van der Waals surface area contributed by atoms with Gasteiger partial charge in [0.1, 0.15) is 0 Å². The predicted molar refractivity (Wildman–Crippen MR) is 39.1 cm³/mol. The number of hydrogen-bond donors (Lipinski definition) is 3. The lowest BCUT2D eigenvalue weighted by Crippen LogP contribution is -2.19. The molecule has 58 valence electrons. The van der Waals surface area contributed by atoms with E-state index >= 15 is 0 Å². The minimum Gasteiger partial charge on any atom is -0.370 e. The average molecular weight is 144 g/mol. The van der Waals surface area contributed by atoms with E-state index in [1.807, 2.05) is 0 Å². The van der Waals surface area contributed by atoms with Crippen LogP contribution < -0.4 is 17.0 Å². The molecule has 0 unspecified atom stereocenters. The van der Waals surface area contributed by atoms with Gasteiger partial charge in [0.05, 0.1) is 6.34 Å². The van der Waals surface area contributed by atoms with Crippen molar-refractivity contribution in [3.63, 3.8) is 0 Å². The second kappa shape index (κ2) is 6.03. The maximum absolute atomic E-state index is 10.2. The van der Waals surface area contributed by atoms with Crippen LogP contribution in [0.4, 0.5) is 0 Å². The van der Waals surface area contributed by atoms with Gasteiger partial charge in [0.25, 0.3) is 0 Å². The second-order valence-corrected chi connectivity index (χ2v) is 1.77. The molecule has 0 bridgehead atoms. The summed E-state index contributed by atoms with van der Waals surface area (Å²) in [5.41, 5.74) is 7.12. The molecule has 0 saturated carbocycles. The topological polar surface area (TPSA) is 93.5 Å².